The van der Waals surface area contributed by atoms with Gasteiger partial charge in [-0.25, -0.2) is 9.79 Å². The Morgan fingerprint density at radius 3 is 2.06 bits per heavy atom. The highest BCUT2D eigenvalue weighted by Gasteiger charge is 2.53. The zero-order valence-electron chi connectivity index (χ0n) is 19.5. The molecular weight excluding hydrogens is 470 g/mol. The number of halogens is 1. The minimum atomic E-state index is -1.37. The Hall–Kier alpha value is -4.02. The molecule has 5 heteroatoms. The van der Waals surface area contributed by atoms with E-state index in [0.29, 0.717) is 21.7 Å². The maximum absolute atomic E-state index is 13.8. The van der Waals surface area contributed by atoms with Crippen LogP contribution in [0.1, 0.15) is 39.4 Å². The first-order chi connectivity index (χ1) is 17.6. The minimum Gasteiger partial charge on any atom is -0.405 e. The number of benzene rings is 4. The first kappa shape index (κ1) is 23.7. The number of rotatable bonds is 8. The van der Waals surface area contributed by atoms with E-state index in [9.17, 15) is 9.59 Å². The molecule has 4 nitrogen and oxygen atoms in total. The Bertz CT molecular complexity index is 1400. The largest absolute Gasteiger partial charge is 0.405 e. The third kappa shape index (κ3) is 4.73. The molecule has 1 heterocycles. The van der Waals surface area contributed by atoms with E-state index in [2.05, 4.69) is 0 Å². The van der Waals surface area contributed by atoms with Crippen LogP contribution < -0.4 is 0 Å². The summed E-state index contributed by atoms with van der Waals surface area (Å²) in [6.07, 6.45) is 0.308. The van der Waals surface area contributed by atoms with Crippen molar-refractivity contribution in [1.82, 2.24) is 0 Å². The van der Waals surface area contributed by atoms with Crippen LogP contribution in [0.5, 0.6) is 0 Å². The number of carbonyl (C=O) groups is 2. The molecule has 178 valence electrons. The van der Waals surface area contributed by atoms with Gasteiger partial charge in [-0.3, -0.25) is 4.79 Å². The molecule has 1 aliphatic rings. The van der Waals surface area contributed by atoms with Gasteiger partial charge in [-0.1, -0.05) is 109 Å². The maximum atomic E-state index is 13.8. The molecule has 36 heavy (non-hydrogen) atoms. The molecule has 0 bridgehead atoms. The summed E-state index contributed by atoms with van der Waals surface area (Å²) >= 11 is 6.68. The molecule has 5 rings (SSSR count). The summed E-state index contributed by atoms with van der Waals surface area (Å²) in [5.74, 6) is -0.978. The second kappa shape index (κ2) is 10.3. The monoisotopic (exact) mass is 493 g/mol. The van der Waals surface area contributed by atoms with Crippen molar-refractivity contribution in [2.45, 2.75) is 24.3 Å². The smallest absolute Gasteiger partial charge is 0.341 e. The van der Waals surface area contributed by atoms with E-state index in [0.717, 1.165) is 5.56 Å². The lowest BCUT2D eigenvalue weighted by atomic mass is 9.73. The van der Waals surface area contributed by atoms with Crippen LogP contribution >= 0.6 is 11.6 Å². The summed E-state index contributed by atoms with van der Waals surface area (Å²) in [4.78, 5) is 32.3. The molecule has 2 atom stereocenters. The van der Waals surface area contributed by atoms with Gasteiger partial charge in [0.05, 0.1) is 0 Å². The van der Waals surface area contributed by atoms with E-state index in [-0.39, 0.29) is 24.5 Å². The highest BCUT2D eigenvalue weighted by atomic mass is 35.5. The molecule has 0 aliphatic carbocycles. The summed E-state index contributed by atoms with van der Waals surface area (Å²) < 4.78 is 5.82. The third-order valence-electron chi connectivity index (χ3n) is 6.52. The van der Waals surface area contributed by atoms with Crippen molar-refractivity contribution in [3.05, 3.63) is 143 Å². The standard InChI is InChI=1S/C31H24ClNO3/c32-27-19-11-10-18-25(27)26(20-28(34)23-14-6-2-7-15-23)31(21-22-12-4-1-5-13-22)30(35)36-29(33-31)24-16-8-3-9-17-24/h1-19,26H,20-21H2/t26-,31-/m1/s1. The Morgan fingerprint density at radius 1 is 0.806 bits per heavy atom. The predicted molar refractivity (Wildman–Crippen MR) is 142 cm³/mol. The van der Waals surface area contributed by atoms with Crippen LogP contribution in [-0.2, 0) is 16.0 Å². The maximum Gasteiger partial charge on any atom is 0.341 e. The highest BCUT2D eigenvalue weighted by Crippen LogP contribution is 2.44. The Labute approximate surface area is 215 Å². The Morgan fingerprint density at radius 2 is 1.39 bits per heavy atom. The van der Waals surface area contributed by atoms with Crippen molar-refractivity contribution in [2.75, 3.05) is 0 Å². The van der Waals surface area contributed by atoms with Crippen molar-refractivity contribution in [2.24, 2.45) is 4.99 Å². The molecule has 0 aromatic heterocycles. The first-order valence-corrected chi connectivity index (χ1v) is 12.2. The van der Waals surface area contributed by atoms with Crippen LogP contribution in [0.4, 0.5) is 0 Å². The lowest BCUT2D eigenvalue weighted by Crippen LogP contribution is -2.44. The van der Waals surface area contributed by atoms with E-state index in [1.807, 2.05) is 97.1 Å². The van der Waals surface area contributed by atoms with Crippen LogP contribution in [0.15, 0.2) is 120 Å². The number of cyclic esters (lactones) is 1. The zero-order chi connectivity index (χ0) is 25.0. The average molecular weight is 494 g/mol. The Kier molecular flexibility index (Phi) is 6.79. The quantitative estimate of drug-likeness (QED) is 0.203. The van der Waals surface area contributed by atoms with E-state index in [1.54, 1.807) is 18.2 Å². The van der Waals surface area contributed by atoms with Crippen molar-refractivity contribution in [3.63, 3.8) is 0 Å². The van der Waals surface area contributed by atoms with E-state index in [1.165, 1.54) is 0 Å². The van der Waals surface area contributed by atoms with Gasteiger partial charge in [0.25, 0.3) is 0 Å². The van der Waals surface area contributed by atoms with Gasteiger partial charge in [0.2, 0.25) is 5.90 Å². The molecule has 0 radical (unpaired) electrons. The normalized spacial score (nSPS) is 17.8. The summed E-state index contributed by atoms with van der Waals surface area (Å²) in [6, 6.07) is 35.4. The van der Waals surface area contributed by atoms with E-state index < -0.39 is 17.4 Å². The van der Waals surface area contributed by atoms with Gasteiger partial charge in [-0.05, 0) is 29.3 Å². The van der Waals surface area contributed by atoms with Crippen molar-refractivity contribution < 1.29 is 14.3 Å². The van der Waals surface area contributed by atoms with Gasteiger partial charge in [0.15, 0.2) is 11.3 Å². The van der Waals surface area contributed by atoms with Crippen molar-refractivity contribution in [1.29, 1.82) is 0 Å². The molecule has 1 aliphatic heterocycles. The summed E-state index contributed by atoms with van der Waals surface area (Å²) in [7, 11) is 0. The summed E-state index contributed by atoms with van der Waals surface area (Å²) in [5.41, 5.74) is 1.50. The SMILES string of the molecule is O=C(C[C@H](c1ccccc1Cl)[C@@]1(Cc2ccccc2)N=C(c2ccccc2)OC1=O)c1ccccc1. The van der Waals surface area contributed by atoms with Gasteiger partial charge in [-0.15, -0.1) is 0 Å². The molecule has 0 spiro atoms. The summed E-state index contributed by atoms with van der Waals surface area (Å²) in [5, 5.41) is 0.479. The van der Waals surface area contributed by atoms with E-state index >= 15 is 0 Å². The number of hydrogen-bond acceptors (Lipinski definition) is 4. The van der Waals surface area contributed by atoms with Crippen LogP contribution in [-0.4, -0.2) is 23.2 Å². The predicted octanol–water partition coefficient (Wildman–Crippen LogP) is 6.68. The molecule has 0 saturated heterocycles. The van der Waals surface area contributed by atoms with Gasteiger partial charge < -0.3 is 4.74 Å². The number of Topliss-reactive ketones (excluding diaryl/α,β-unsaturated/α-hetero) is 1. The topological polar surface area (TPSA) is 55.7 Å². The number of ketones is 1. The molecule has 0 saturated carbocycles. The fourth-order valence-corrected chi connectivity index (χ4v) is 4.98. The zero-order valence-corrected chi connectivity index (χ0v) is 20.3. The fraction of sp³-hybridized carbons (Fsp3) is 0.129. The van der Waals surface area contributed by atoms with Crippen molar-refractivity contribution in [3.8, 4) is 0 Å². The number of nitrogens with zero attached hydrogens (tertiary/aromatic N) is 1. The molecular formula is C31H24ClNO3. The summed E-state index contributed by atoms with van der Waals surface area (Å²) in [6.45, 7) is 0. The second-order valence-corrected chi connectivity index (χ2v) is 9.23. The second-order valence-electron chi connectivity index (χ2n) is 8.83. The van der Waals surface area contributed by atoms with Crippen LogP contribution in [0, 0.1) is 0 Å². The van der Waals surface area contributed by atoms with Gasteiger partial charge in [0, 0.05) is 34.9 Å². The van der Waals surface area contributed by atoms with Crippen LogP contribution in [0.25, 0.3) is 0 Å². The number of esters is 1. The lowest BCUT2D eigenvalue weighted by molar-refractivity contribution is -0.139. The van der Waals surface area contributed by atoms with Gasteiger partial charge in [-0.2, -0.15) is 0 Å². The number of ether oxygens (including phenoxy) is 1. The van der Waals surface area contributed by atoms with E-state index in [4.69, 9.17) is 21.3 Å². The minimum absolute atomic E-state index is 0.0429. The highest BCUT2D eigenvalue weighted by molar-refractivity contribution is 6.31. The molecule has 0 N–H and O–H groups in total. The molecule has 0 unspecified atom stereocenters. The van der Waals surface area contributed by atoms with Crippen molar-refractivity contribution >= 4 is 29.3 Å². The lowest BCUT2D eigenvalue weighted by Gasteiger charge is -2.32. The molecule has 4 aromatic rings. The number of hydrogen-bond donors (Lipinski definition) is 0. The average Bonchev–Trinajstić information content (AvgIpc) is 3.25. The van der Waals surface area contributed by atoms with Crippen LogP contribution in [0.3, 0.4) is 0 Å². The third-order valence-corrected chi connectivity index (χ3v) is 6.87. The molecule has 0 fully saturated rings. The number of carbonyl (C=O) groups excluding carboxylic acids is 2. The van der Waals surface area contributed by atoms with Gasteiger partial charge in [0.1, 0.15) is 0 Å². The van der Waals surface area contributed by atoms with Gasteiger partial charge >= 0.3 is 5.97 Å². The van der Waals surface area contributed by atoms with Crippen LogP contribution in [0.2, 0.25) is 5.02 Å². The number of aliphatic imine (C=N–C) groups is 1. The Balaban J connectivity index is 1.68. The first-order valence-electron chi connectivity index (χ1n) is 11.8. The fourth-order valence-electron chi connectivity index (χ4n) is 4.71. The molecule has 0 amide bonds. The molecule has 4 aromatic carbocycles.